The van der Waals surface area contributed by atoms with Crippen molar-refractivity contribution in [2.24, 2.45) is 0 Å². The van der Waals surface area contributed by atoms with Crippen molar-refractivity contribution in [1.82, 2.24) is 5.32 Å². The maximum atomic E-state index is 13.0. The molecule has 0 aliphatic carbocycles. The fourth-order valence-electron chi connectivity index (χ4n) is 2.65. The summed E-state index contributed by atoms with van der Waals surface area (Å²) in [6, 6.07) is 5.11. The van der Waals surface area contributed by atoms with Crippen molar-refractivity contribution in [2.75, 3.05) is 11.4 Å². The van der Waals surface area contributed by atoms with E-state index in [0.29, 0.717) is 28.6 Å². The quantitative estimate of drug-likeness (QED) is 0.924. The number of carbonyl (C=O) groups is 2. The maximum Gasteiger partial charge on any atom is 0.252 e. The first-order valence-electron chi connectivity index (χ1n) is 7.02. The monoisotopic (exact) mass is 328 g/mol. The minimum atomic E-state index is -0.893. The van der Waals surface area contributed by atoms with Crippen LogP contribution in [0.5, 0.6) is 0 Å². The lowest BCUT2D eigenvalue weighted by Crippen LogP contribution is -2.56. The smallest absolute Gasteiger partial charge is 0.252 e. The lowest BCUT2D eigenvalue weighted by Gasteiger charge is -2.34. The minimum Gasteiger partial charge on any atom is -0.342 e. The molecule has 1 aromatic rings. The molecule has 0 saturated carbocycles. The summed E-state index contributed by atoms with van der Waals surface area (Å²) in [5, 5.41) is 3.68. The van der Waals surface area contributed by atoms with Gasteiger partial charge in [-0.15, -0.1) is 0 Å². The molecule has 0 aromatic heterocycles. The van der Waals surface area contributed by atoms with Crippen molar-refractivity contribution < 1.29 is 9.59 Å². The zero-order valence-corrected chi connectivity index (χ0v) is 13.6. The zero-order chi connectivity index (χ0) is 15.6. The lowest BCUT2D eigenvalue weighted by atomic mass is 9.91. The first kappa shape index (κ1) is 16.1. The molecule has 0 unspecified atom stereocenters. The van der Waals surface area contributed by atoms with Crippen LogP contribution in [0, 0.1) is 0 Å². The number of nitrogens with zero attached hydrogens (tertiary/aromatic N) is 1. The molecule has 0 bridgehead atoms. The Morgan fingerprint density at radius 3 is 2.29 bits per heavy atom. The van der Waals surface area contributed by atoms with E-state index < -0.39 is 5.54 Å². The third kappa shape index (κ3) is 2.87. The van der Waals surface area contributed by atoms with Crippen molar-refractivity contribution in [3.8, 4) is 0 Å². The molecule has 1 fully saturated rings. The molecule has 1 heterocycles. The molecule has 21 heavy (non-hydrogen) atoms. The van der Waals surface area contributed by atoms with E-state index in [2.05, 4.69) is 5.32 Å². The fraction of sp³-hybridized carbons (Fsp3) is 0.467. The number of halogens is 2. The van der Waals surface area contributed by atoms with Crippen molar-refractivity contribution >= 4 is 40.7 Å². The number of hydrogen-bond acceptors (Lipinski definition) is 2. The second kappa shape index (κ2) is 6.24. The second-order valence-electron chi connectivity index (χ2n) is 5.11. The third-order valence-electron chi connectivity index (χ3n) is 4.01. The highest BCUT2D eigenvalue weighted by atomic mass is 35.5. The van der Waals surface area contributed by atoms with Crippen molar-refractivity contribution in [3.05, 3.63) is 28.2 Å². The Morgan fingerprint density at radius 1 is 1.19 bits per heavy atom. The topological polar surface area (TPSA) is 49.4 Å². The van der Waals surface area contributed by atoms with Crippen LogP contribution in [0.3, 0.4) is 0 Å². The van der Waals surface area contributed by atoms with Gasteiger partial charge in [0, 0.05) is 13.0 Å². The highest BCUT2D eigenvalue weighted by Gasteiger charge is 2.43. The summed E-state index contributed by atoms with van der Waals surface area (Å²) in [5.74, 6) is -0.286. The van der Waals surface area contributed by atoms with Crippen LogP contribution in [0.15, 0.2) is 18.2 Å². The van der Waals surface area contributed by atoms with E-state index in [1.165, 1.54) is 4.90 Å². The molecule has 2 rings (SSSR count). The van der Waals surface area contributed by atoms with E-state index in [-0.39, 0.29) is 24.8 Å². The van der Waals surface area contributed by atoms with Crippen LogP contribution >= 0.6 is 23.2 Å². The van der Waals surface area contributed by atoms with E-state index in [4.69, 9.17) is 23.2 Å². The van der Waals surface area contributed by atoms with Gasteiger partial charge in [-0.25, -0.2) is 0 Å². The van der Waals surface area contributed by atoms with Crippen LogP contribution in [0.2, 0.25) is 10.0 Å². The van der Waals surface area contributed by atoms with Crippen molar-refractivity contribution in [2.45, 2.75) is 38.6 Å². The van der Waals surface area contributed by atoms with Gasteiger partial charge in [-0.3, -0.25) is 9.59 Å². The van der Waals surface area contributed by atoms with Crippen LogP contribution in [0.25, 0.3) is 0 Å². The average Bonchev–Trinajstić information content (AvgIpc) is 2.58. The van der Waals surface area contributed by atoms with Crippen LogP contribution in [-0.2, 0) is 9.59 Å². The van der Waals surface area contributed by atoms with E-state index in [1.807, 2.05) is 13.8 Å². The van der Waals surface area contributed by atoms with Crippen molar-refractivity contribution in [3.63, 3.8) is 0 Å². The molecule has 1 N–H and O–H groups in total. The van der Waals surface area contributed by atoms with Gasteiger partial charge in [0.1, 0.15) is 5.54 Å². The molecule has 4 nitrogen and oxygen atoms in total. The number of carbonyl (C=O) groups excluding carboxylic acids is 2. The molecule has 1 saturated heterocycles. The summed E-state index contributed by atoms with van der Waals surface area (Å²) in [6.07, 6.45) is 1.27. The second-order valence-corrected chi connectivity index (χ2v) is 5.93. The molecule has 1 aromatic carbocycles. The Bertz CT molecular complexity index is 551. The van der Waals surface area contributed by atoms with E-state index >= 15 is 0 Å². The predicted octanol–water partition coefficient (Wildman–Crippen LogP) is 3.41. The number of anilines is 1. The summed E-state index contributed by atoms with van der Waals surface area (Å²) >= 11 is 12.4. The minimum absolute atomic E-state index is 0.127. The number of benzene rings is 1. The van der Waals surface area contributed by atoms with Gasteiger partial charge in [-0.2, -0.15) is 0 Å². The number of amides is 2. The molecular weight excluding hydrogens is 311 g/mol. The number of hydrogen-bond donors (Lipinski definition) is 1. The summed E-state index contributed by atoms with van der Waals surface area (Å²) in [5.41, 5.74) is -0.413. The first-order valence-corrected chi connectivity index (χ1v) is 7.77. The summed E-state index contributed by atoms with van der Waals surface area (Å²) in [4.78, 5) is 26.5. The standard InChI is InChI=1S/C15H18Cl2N2O2/c1-3-15(4-2)14(21)19(9-8-12(20)18-15)13-10(16)6-5-7-11(13)17/h5-7H,3-4,8-9H2,1-2H3,(H,18,20). The van der Waals surface area contributed by atoms with Gasteiger partial charge in [-0.05, 0) is 25.0 Å². The zero-order valence-electron chi connectivity index (χ0n) is 12.1. The molecule has 0 spiro atoms. The third-order valence-corrected chi connectivity index (χ3v) is 4.62. The SMILES string of the molecule is CCC1(CC)NC(=O)CCN(c2c(Cl)cccc2Cl)C1=O. The summed E-state index contributed by atoms with van der Waals surface area (Å²) in [6.45, 7) is 4.05. The molecule has 114 valence electrons. The first-order chi connectivity index (χ1) is 9.95. The van der Waals surface area contributed by atoms with E-state index in [1.54, 1.807) is 18.2 Å². The molecule has 2 amide bonds. The lowest BCUT2D eigenvalue weighted by molar-refractivity contribution is -0.130. The van der Waals surface area contributed by atoms with Gasteiger partial charge in [-0.1, -0.05) is 43.1 Å². The molecule has 6 heteroatoms. The van der Waals surface area contributed by atoms with Gasteiger partial charge in [0.15, 0.2) is 0 Å². The van der Waals surface area contributed by atoms with Crippen LogP contribution in [-0.4, -0.2) is 23.9 Å². The predicted molar refractivity (Wildman–Crippen MR) is 84.9 cm³/mol. The normalized spacial score (nSPS) is 18.4. The summed E-state index contributed by atoms with van der Waals surface area (Å²) < 4.78 is 0. The van der Waals surface area contributed by atoms with Crippen molar-refractivity contribution in [1.29, 1.82) is 0 Å². The number of rotatable bonds is 3. The Hall–Kier alpha value is -1.26. The maximum absolute atomic E-state index is 13.0. The average molecular weight is 329 g/mol. The van der Waals surface area contributed by atoms with Gasteiger partial charge in [0.2, 0.25) is 5.91 Å². The molecule has 1 aliphatic rings. The Kier molecular flexibility index (Phi) is 4.79. The largest absolute Gasteiger partial charge is 0.342 e. The van der Waals surface area contributed by atoms with Crippen LogP contribution < -0.4 is 10.2 Å². The van der Waals surface area contributed by atoms with E-state index in [9.17, 15) is 9.59 Å². The Labute approximate surface area is 134 Å². The fourth-order valence-corrected chi connectivity index (χ4v) is 3.25. The number of nitrogens with one attached hydrogen (secondary N) is 1. The molecular formula is C15H18Cl2N2O2. The van der Waals surface area contributed by atoms with Gasteiger partial charge in [0.25, 0.3) is 5.91 Å². The highest BCUT2D eigenvalue weighted by Crippen LogP contribution is 2.36. The van der Waals surface area contributed by atoms with Gasteiger partial charge < -0.3 is 10.2 Å². The Balaban J connectivity index is 2.52. The van der Waals surface area contributed by atoms with Gasteiger partial charge in [0.05, 0.1) is 15.7 Å². The highest BCUT2D eigenvalue weighted by molar-refractivity contribution is 6.40. The molecule has 1 aliphatic heterocycles. The Morgan fingerprint density at radius 2 is 1.76 bits per heavy atom. The summed E-state index contributed by atoms with van der Waals surface area (Å²) in [7, 11) is 0. The van der Waals surface area contributed by atoms with Gasteiger partial charge >= 0.3 is 0 Å². The van der Waals surface area contributed by atoms with Crippen LogP contribution in [0.1, 0.15) is 33.1 Å². The molecule has 0 atom stereocenters. The molecule has 0 radical (unpaired) electrons. The van der Waals surface area contributed by atoms with Crippen LogP contribution in [0.4, 0.5) is 5.69 Å². The number of para-hydroxylation sites is 1. The van der Waals surface area contributed by atoms with E-state index in [0.717, 1.165) is 0 Å².